The third-order valence-electron chi connectivity index (χ3n) is 2.75. The van der Waals surface area contributed by atoms with Crippen LogP contribution >= 0.6 is 23.2 Å². The van der Waals surface area contributed by atoms with Gasteiger partial charge in [0.05, 0.1) is 19.4 Å². The third-order valence-corrected chi connectivity index (χ3v) is 3.29. The van der Waals surface area contributed by atoms with Crippen LogP contribution in [0, 0.1) is 0 Å². The monoisotopic (exact) mass is 285 g/mol. The number of benzene rings is 1. The van der Waals surface area contributed by atoms with E-state index in [1.807, 2.05) is 25.2 Å². The number of hydrogen-bond acceptors (Lipinski definition) is 3. The first kappa shape index (κ1) is 13.3. The molecule has 1 unspecified atom stereocenters. The van der Waals surface area contributed by atoms with Crippen LogP contribution in [0.15, 0.2) is 34.9 Å². The highest BCUT2D eigenvalue weighted by atomic mass is 35.5. The van der Waals surface area contributed by atoms with Gasteiger partial charge in [-0.2, -0.15) is 0 Å². The minimum absolute atomic E-state index is 0.134. The Balaban J connectivity index is 2.51. The van der Waals surface area contributed by atoms with Crippen molar-refractivity contribution in [2.24, 2.45) is 0 Å². The number of methoxy groups -OCH3 is 1. The summed E-state index contributed by atoms with van der Waals surface area (Å²) in [5.41, 5.74) is 1.76. The van der Waals surface area contributed by atoms with Crippen molar-refractivity contribution in [3.63, 3.8) is 0 Å². The van der Waals surface area contributed by atoms with Gasteiger partial charge < -0.3 is 14.5 Å². The van der Waals surface area contributed by atoms with Crippen molar-refractivity contribution >= 4 is 23.2 Å². The van der Waals surface area contributed by atoms with Gasteiger partial charge in [-0.25, -0.2) is 0 Å². The topological polar surface area (TPSA) is 34.4 Å². The summed E-state index contributed by atoms with van der Waals surface area (Å²) in [7, 11) is 3.46. The molecule has 1 aromatic heterocycles. The van der Waals surface area contributed by atoms with Crippen molar-refractivity contribution in [1.82, 2.24) is 5.32 Å². The second-order valence-corrected chi connectivity index (χ2v) is 4.54. The number of halogens is 2. The Labute approximate surface area is 116 Å². The highest BCUT2D eigenvalue weighted by Crippen LogP contribution is 2.35. The Morgan fingerprint density at radius 2 is 2.00 bits per heavy atom. The van der Waals surface area contributed by atoms with Crippen LogP contribution in [-0.4, -0.2) is 14.2 Å². The molecular weight excluding hydrogens is 273 g/mol. The molecular formula is C13H13Cl2NO2. The fraction of sp³-hybridized carbons (Fsp3) is 0.231. The van der Waals surface area contributed by atoms with Crippen molar-refractivity contribution in [1.29, 1.82) is 0 Å². The largest absolute Gasteiger partial charge is 0.496 e. The SMILES string of the molecule is CNC(c1cc(Cl)ccc1OC)c1ccoc1Cl. The van der Waals surface area contributed by atoms with Crippen LogP contribution < -0.4 is 10.1 Å². The quantitative estimate of drug-likeness (QED) is 0.925. The van der Waals surface area contributed by atoms with E-state index >= 15 is 0 Å². The van der Waals surface area contributed by atoms with Crippen LogP contribution in [0.4, 0.5) is 0 Å². The maximum Gasteiger partial charge on any atom is 0.198 e. The number of hydrogen-bond donors (Lipinski definition) is 1. The van der Waals surface area contributed by atoms with Crippen molar-refractivity contribution < 1.29 is 9.15 Å². The summed E-state index contributed by atoms with van der Waals surface area (Å²) in [5.74, 6) is 0.746. The van der Waals surface area contributed by atoms with E-state index in [4.69, 9.17) is 32.4 Å². The van der Waals surface area contributed by atoms with Gasteiger partial charge in [0.15, 0.2) is 5.22 Å². The van der Waals surface area contributed by atoms with Gasteiger partial charge in [-0.1, -0.05) is 11.6 Å². The zero-order valence-corrected chi connectivity index (χ0v) is 11.5. The number of rotatable bonds is 4. The molecule has 0 saturated carbocycles. The van der Waals surface area contributed by atoms with Crippen LogP contribution in [0.2, 0.25) is 10.2 Å². The van der Waals surface area contributed by atoms with E-state index in [-0.39, 0.29) is 6.04 Å². The lowest BCUT2D eigenvalue weighted by atomic mass is 10.0. The molecule has 3 nitrogen and oxygen atoms in total. The Kier molecular flexibility index (Phi) is 4.17. The number of nitrogens with one attached hydrogen (secondary N) is 1. The van der Waals surface area contributed by atoms with Gasteiger partial charge in [0.1, 0.15) is 5.75 Å². The van der Waals surface area contributed by atoms with Gasteiger partial charge in [-0.15, -0.1) is 0 Å². The molecule has 0 aliphatic carbocycles. The molecule has 0 fully saturated rings. The fourth-order valence-corrected chi connectivity index (χ4v) is 2.32. The Bertz CT molecular complexity index is 540. The van der Waals surface area contributed by atoms with Crippen molar-refractivity contribution in [3.8, 4) is 5.75 Å². The molecule has 2 aromatic rings. The summed E-state index contributed by atoms with van der Waals surface area (Å²) in [6.07, 6.45) is 1.55. The average Bonchev–Trinajstić information content (AvgIpc) is 2.77. The molecule has 18 heavy (non-hydrogen) atoms. The van der Waals surface area contributed by atoms with E-state index in [9.17, 15) is 0 Å². The molecule has 1 heterocycles. The molecule has 0 amide bonds. The first-order valence-corrected chi connectivity index (χ1v) is 6.16. The van der Waals surface area contributed by atoms with Gasteiger partial charge in [0.2, 0.25) is 0 Å². The molecule has 0 spiro atoms. The normalized spacial score (nSPS) is 12.4. The van der Waals surface area contributed by atoms with Crippen LogP contribution in [-0.2, 0) is 0 Å². The van der Waals surface area contributed by atoms with Gasteiger partial charge >= 0.3 is 0 Å². The summed E-state index contributed by atoms with van der Waals surface area (Å²) in [6, 6.07) is 7.16. The summed E-state index contributed by atoms with van der Waals surface area (Å²) < 4.78 is 10.5. The highest BCUT2D eigenvalue weighted by Gasteiger charge is 2.21. The van der Waals surface area contributed by atoms with Crippen LogP contribution in [0.5, 0.6) is 5.75 Å². The maximum atomic E-state index is 6.04. The Morgan fingerprint density at radius 1 is 1.22 bits per heavy atom. The molecule has 0 bridgehead atoms. The zero-order chi connectivity index (χ0) is 13.1. The minimum atomic E-state index is -0.134. The molecule has 0 saturated heterocycles. The van der Waals surface area contributed by atoms with Gasteiger partial charge in [0, 0.05) is 16.1 Å². The fourth-order valence-electron chi connectivity index (χ4n) is 1.92. The summed E-state index contributed by atoms with van der Waals surface area (Å²) >= 11 is 12.1. The minimum Gasteiger partial charge on any atom is -0.496 e. The molecule has 0 radical (unpaired) electrons. The van der Waals surface area contributed by atoms with E-state index < -0.39 is 0 Å². The third kappa shape index (κ3) is 2.48. The van der Waals surface area contributed by atoms with Gasteiger partial charge in [-0.3, -0.25) is 0 Å². The van der Waals surface area contributed by atoms with Crippen molar-refractivity contribution in [2.45, 2.75) is 6.04 Å². The van der Waals surface area contributed by atoms with E-state index in [1.54, 1.807) is 19.4 Å². The summed E-state index contributed by atoms with van der Waals surface area (Å²) in [5, 5.41) is 4.18. The molecule has 96 valence electrons. The molecule has 2 rings (SSSR count). The van der Waals surface area contributed by atoms with Crippen LogP contribution in [0.25, 0.3) is 0 Å². The maximum absolute atomic E-state index is 6.04. The zero-order valence-electron chi connectivity index (χ0n) is 10.0. The smallest absolute Gasteiger partial charge is 0.198 e. The second-order valence-electron chi connectivity index (χ2n) is 3.76. The lowest BCUT2D eigenvalue weighted by molar-refractivity contribution is 0.405. The molecule has 1 atom stereocenters. The van der Waals surface area contributed by atoms with E-state index in [1.165, 1.54) is 0 Å². The Morgan fingerprint density at radius 3 is 2.56 bits per heavy atom. The standard InChI is InChI=1S/C13H13Cl2NO2/c1-16-12(9-5-6-18-13(9)15)10-7-8(14)3-4-11(10)17-2/h3-7,12,16H,1-2H3. The molecule has 0 aliphatic heterocycles. The predicted octanol–water partition coefficient (Wildman–Crippen LogP) is 3.90. The summed E-state index contributed by atoms with van der Waals surface area (Å²) in [6.45, 7) is 0. The number of ether oxygens (including phenoxy) is 1. The first-order chi connectivity index (χ1) is 8.67. The van der Waals surface area contributed by atoms with Gasteiger partial charge in [-0.05, 0) is 42.9 Å². The van der Waals surface area contributed by atoms with Crippen LogP contribution in [0.3, 0.4) is 0 Å². The first-order valence-electron chi connectivity index (χ1n) is 5.41. The lowest BCUT2D eigenvalue weighted by Crippen LogP contribution is -2.18. The lowest BCUT2D eigenvalue weighted by Gasteiger charge is -2.18. The van der Waals surface area contributed by atoms with E-state index in [0.29, 0.717) is 10.2 Å². The highest BCUT2D eigenvalue weighted by molar-refractivity contribution is 6.30. The summed E-state index contributed by atoms with van der Waals surface area (Å²) in [4.78, 5) is 0. The Hall–Kier alpha value is -1.16. The molecule has 1 aromatic carbocycles. The van der Waals surface area contributed by atoms with Crippen molar-refractivity contribution in [2.75, 3.05) is 14.2 Å². The van der Waals surface area contributed by atoms with Crippen LogP contribution in [0.1, 0.15) is 17.2 Å². The molecule has 1 N–H and O–H groups in total. The average molecular weight is 286 g/mol. The van der Waals surface area contributed by atoms with E-state index in [0.717, 1.165) is 16.9 Å². The van der Waals surface area contributed by atoms with Crippen molar-refractivity contribution in [3.05, 3.63) is 51.9 Å². The van der Waals surface area contributed by atoms with Gasteiger partial charge in [0.25, 0.3) is 0 Å². The van der Waals surface area contributed by atoms with E-state index in [2.05, 4.69) is 5.32 Å². The molecule has 0 aliphatic rings. The second kappa shape index (κ2) is 5.65. The molecule has 5 heteroatoms. The predicted molar refractivity (Wildman–Crippen MR) is 72.6 cm³/mol. The number of furan rings is 1.